The fourth-order valence-corrected chi connectivity index (χ4v) is 1.68. The van der Waals surface area contributed by atoms with Crippen LogP contribution in [0.3, 0.4) is 0 Å². The average Bonchev–Trinajstić information content (AvgIpc) is 2.02. The van der Waals surface area contributed by atoms with Crippen molar-refractivity contribution in [3.8, 4) is 0 Å². The second kappa shape index (κ2) is 4.29. The Morgan fingerprint density at radius 1 is 1.43 bits per heavy atom. The zero-order chi connectivity index (χ0) is 10.6. The summed E-state index contributed by atoms with van der Waals surface area (Å²) in [4.78, 5) is 0. The molecule has 1 rings (SSSR count). The number of hydrogen-bond donors (Lipinski definition) is 2. The molecule has 1 unspecified atom stereocenters. The SMILES string of the molecule is C=CCC1=CC(O)(CC=C)CC(O)=C1. The molecule has 0 aromatic heterocycles. The van der Waals surface area contributed by atoms with Gasteiger partial charge in [-0.2, -0.15) is 0 Å². The number of aliphatic hydroxyl groups is 2. The highest BCUT2D eigenvalue weighted by Crippen LogP contribution is 2.29. The van der Waals surface area contributed by atoms with E-state index in [1.54, 1.807) is 24.3 Å². The van der Waals surface area contributed by atoms with Crippen LogP contribution in [0.4, 0.5) is 0 Å². The van der Waals surface area contributed by atoms with Crippen molar-refractivity contribution in [2.45, 2.75) is 24.9 Å². The summed E-state index contributed by atoms with van der Waals surface area (Å²) in [6.07, 6.45) is 8.22. The summed E-state index contributed by atoms with van der Waals surface area (Å²) in [5.74, 6) is 0.216. The van der Waals surface area contributed by atoms with Crippen molar-refractivity contribution < 1.29 is 10.2 Å². The average molecular weight is 192 g/mol. The molecule has 0 aromatic rings. The van der Waals surface area contributed by atoms with Gasteiger partial charge in [0.25, 0.3) is 0 Å². The topological polar surface area (TPSA) is 40.5 Å². The van der Waals surface area contributed by atoms with Gasteiger partial charge >= 0.3 is 0 Å². The minimum Gasteiger partial charge on any atom is -0.512 e. The summed E-state index contributed by atoms with van der Waals surface area (Å²) in [5, 5.41) is 19.5. The molecule has 0 aliphatic heterocycles. The maximum absolute atomic E-state index is 10.1. The van der Waals surface area contributed by atoms with E-state index in [1.165, 1.54) is 0 Å². The third kappa shape index (κ3) is 2.60. The van der Waals surface area contributed by atoms with E-state index < -0.39 is 5.60 Å². The van der Waals surface area contributed by atoms with E-state index in [0.29, 0.717) is 12.8 Å². The first kappa shape index (κ1) is 10.8. The number of rotatable bonds is 4. The quantitative estimate of drug-likeness (QED) is 0.672. The Balaban J connectivity index is 2.88. The smallest absolute Gasteiger partial charge is 0.0957 e. The van der Waals surface area contributed by atoms with E-state index in [0.717, 1.165) is 5.57 Å². The first-order valence-electron chi connectivity index (χ1n) is 4.65. The molecular formula is C12H16O2. The molecule has 76 valence electrons. The van der Waals surface area contributed by atoms with Crippen LogP contribution in [-0.2, 0) is 0 Å². The molecule has 2 heteroatoms. The van der Waals surface area contributed by atoms with Gasteiger partial charge in [0, 0.05) is 6.42 Å². The zero-order valence-corrected chi connectivity index (χ0v) is 8.24. The van der Waals surface area contributed by atoms with Crippen molar-refractivity contribution in [2.75, 3.05) is 0 Å². The monoisotopic (exact) mass is 192 g/mol. The Labute approximate surface area is 84.6 Å². The molecule has 0 bridgehead atoms. The molecule has 0 saturated heterocycles. The fourth-order valence-electron chi connectivity index (χ4n) is 1.68. The minimum absolute atomic E-state index is 0.216. The van der Waals surface area contributed by atoms with Crippen molar-refractivity contribution in [1.29, 1.82) is 0 Å². The summed E-state index contributed by atoms with van der Waals surface area (Å²) in [6, 6.07) is 0. The van der Waals surface area contributed by atoms with E-state index in [-0.39, 0.29) is 12.2 Å². The van der Waals surface area contributed by atoms with Gasteiger partial charge in [-0.25, -0.2) is 0 Å². The Morgan fingerprint density at radius 3 is 2.71 bits per heavy atom. The normalized spacial score (nSPS) is 26.4. The molecule has 1 aliphatic carbocycles. The van der Waals surface area contributed by atoms with Gasteiger partial charge in [-0.3, -0.25) is 0 Å². The number of allylic oxidation sites excluding steroid dienone is 3. The molecular weight excluding hydrogens is 176 g/mol. The Morgan fingerprint density at radius 2 is 2.14 bits per heavy atom. The van der Waals surface area contributed by atoms with Gasteiger partial charge in [-0.05, 0) is 30.6 Å². The van der Waals surface area contributed by atoms with Crippen LogP contribution >= 0.6 is 0 Å². The highest BCUT2D eigenvalue weighted by Gasteiger charge is 2.27. The maximum atomic E-state index is 10.1. The van der Waals surface area contributed by atoms with Gasteiger partial charge in [0.05, 0.1) is 11.4 Å². The number of hydrogen-bond acceptors (Lipinski definition) is 2. The van der Waals surface area contributed by atoms with Crippen molar-refractivity contribution in [1.82, 2.24) is 0 Å². The highest BCUT2D eigenvalue weighted by molar-refractivity contribution is 5.32. The Hall–Kier alpha value is -1.28. The first-order valence-corrected chi connectivity index (χ1v) is 4.65. The molecule has 0 spiro atoms. The molecule has 0 heterocycles. The van der Waals surface area contributed by atoms with E-state index in [4.69, 9.17) is 0 Å². The molecule has 1 atom stereocenters. The van der Waals surface area contributed by atoms with Crippen LogP contribution in [0.2, 0.25) is 0 Å². The summed E-state index contributed by atoms with van der Waals surface area (Å²) in [6.45, 7) is 7.21. The maximum Gasteiger partial charge on any atom is 0.0957 e. The van der Waals surface area contributed by atoms with Crippen molar-refractivity contribution >= 4 is 0 Å². The largest absolute Gasteiger partial charge is 0.512 e. The second-order valence-electron chi connectivity index (χ2n) is 3.62. The lowest BCUT2D eigenvalue weighted by Gasteiger charge is -2.27. The van der Waals surface area contributed by atoms with Crippen LogP contribution in [0.5, 0.6) is 0 Å². The van der Waals surface area contributed by atoms with Gasteiger partial charge in [0.15, 0.2) is 0 Å². The van der Waals surface area contributed by atoms with E-state index >= 15 is 0 Å². The predicted octanol–water partition coefficient (Wildman–Crippen LogP) is 2.64. The lowest BCUT2D eigenvalue weighted by Crippen LogP contribution is -2.28. The Kier molecular flexibility index (Phi) is 3.31. The van der Waals surface area contributed by atoms with Crippen LogP contribution in [0.1, 0.15) is 19.3 Å². The van der Waals surface area contributed by atoms with Crippen molar-refractivity contribution in [3.63, 3.8) is 0 Å². The molecule has 0 radical (unpaired) electrons. The van der Waals surface area contributed by atoms with E-state index in [9.17, 15) is 10.2 Å². The molecule has 0 saturated carbocycles. The summed E-state index contributed by atoms with van der Waals surface area (Å²) < 4.78 is 0. The van der Waals surface area contributed by atoms with Gasteiger partial charge in [0.2, 0.25) is 0 Å². The second-order valence-corrected chi connectivity index (χ2v) is 3.62. The highest BCUT2D eigenvalue weighted by atomic mass is 16.3. The molecule has 0 fully saturated rings. The molecule has 14 heavy (non-hydrogen) atoms. The molecule has 0 amide bonds. The van der Waals surface area contributed by atoms with Crippen LogP contribution < -0.4 is 0 Å². The lowest BCUT2D eigenvalue weighted by atomic mass is 9.87. The summed E-state index contributed by atoms with van der Waals surface area (Å²) in [5.41, 5.74) is -0.0769. The van der Waals surface area contributed by atoms with E-state index in [2.05, 4.69) is 13.2 Å². The standard InChI is InChI=1S/C12H16O2/c1-3-5-10-7-11(13)9-12(14,8-10)6-4-2/h3-4,7-8,13-14H,1-2,5-6,9H2. The summed E-state index contributed by atoms with van der Waals surface area (Å²) >= 11 is 0. The molecule has 1 aliphatic rings. The van der Waals surface area contributed by atoms with Gasteiger partial charge in [-0.15, -0.1) is 13.2 Å². The predicted molar refractivity (Wildman–Crippen MR) is 58.0 cm³/mol. The Bertz CT molecular complexity index is 299. The van der Waals surface area contributed by atoms with Crippen LogP contribution in [0.15, 0.2) is 48.8 Å². The zero-order valence-electron chi connectivity index (χ0n) is 8.24. The number of aliphatic hydroxyl groups excluding tert-OH is 1. The lowest BCUT2D eigenvalue weighted by molar-refractivity contribution is 0.0792. The fraction of sp³-hybridized carbons (Fsp3) is 0.333. The van der Waals surface area contributed by atoms with Gasteiger partial charge in [-0.1, -0.05) is 12.2 Å². The minimum atomic E-state index is -0.973. The molecule has 2 nitrogen and oxygen atoms in total. The van der Waals surface area contributed by atoms with Crippen molar-refractivity contribution in [3.05, 3.63) is 48.8 Å². The third-order valence-electron chi connectivity index (χ3n) is 2.17. The molecule has 2 N–H and O–H groups in total. The van der Waals surface area contributed by atoms with Crippen LogP contribution in [0, 0.1) is 0 Å². The van der Waals surface area contributed by atoms with Gasteiger partial charge in [0.1, 0.15) is 0 Å². The van der Waals surface area contributed by atoms with E-state index in [1.807, 2.05) is 0 Å². The first-order chi connectivity index (χ1) is 6.59. The summed E-state index contributed by atoms with van der Waals surface area (Å²) in [7, 11) is 0. The van der Waals surface area contributed by atoms with Crippen LogP contribution in [0.25, 0.3) is 0 Å². The van der Waals surface area contributed by atoms with Crippen LogP contribution in [-0.4, -0.2) is 15.8 Å². The molecule has 0 aromatic carbocycles. The third-order valence-corrected chi connectivity index (χ3v) is 2.17. The van der Waals surface area contributed by atoms with Crippen molar-refractivity contribution in [2.24, 2.45) is 0 Å². The van der Waals surface area contributed by atoms with Gasteiger partial charge < -0.3 is 10.2 Å².